The van der Waals surface area contributed by atoms with Crippen LogP contribution in [0.25, 0.3) is 0 Å². The molecule has 1 aromatic heterocycles. The minimum absolute atomic E-state index is 0.624. The third-order valence-corrected chi connectivity index (χ3v) is 4.55. The van der Waals surface area contributed by atoms with E-state index in [9.17, 15) is 0 Å². The number of fused-ring (bicyclic) bond motifs is 1. The maximum atomic E-state index is 4.26. The maximum Gasteiger partial charge on any atom is 0.0660 e. The predicted molar refractivity (Wildman–Crippen MR) is 80.5 cm³/mol. The highest BCUT2D eigenvalue weighted by molar-refractivity contribution is 5.47. The van der Waals surface area contributed by atoms with Crippen molar-refractivity contribution in [3.05, 3.63) is 60.4 Å². The van der Waals surface area contributed by atoms with Gasteiger partial charge in [-0.25, -0.2) is 0 Å². The molecular formula is C17H19N3. The molecule has 0 spiro atoms. The highest BCUT2D eigenvalue weighted by atomic mass is 15.3. The summed E-state index contributed by atoms with van der Waals surface area (Å²) in [7, 11) is 0. The van der Waals surface area contributed by atoms with E-state index in [1.54, 1.807) is 0 Å². The molecule has 0 aliphatic heterocycles. The van der Waals surface area contributed by atoms with E-state index in [4.69, 9.17) is 0 Å². The Kier molecular flexibility index (Phi) is 2.84. The van der Waals surface area contributed by atoms with Gasteiger partial charge < -0.3 is 5.32 Å². The van der Waals surface area contributed by atoms with Crippen molar-refractivity contribution in [3.63, 3.8) is 0 Å². The van der Waals surface area contributed by atoms with E-state index in [2.05, 4.69) is 46.8 Å². The second kappa shape index (κ2) is 4.82. The summed E-state index contributed by atoms with van der Waals surface area (Å²) in [4.78, 5) is 0. The standard InChI is InChI=1S/C17H19N3/c1-4-13(12-20-9-3-8-18-20)10-15(6-1)19-17-11-14-5-2-7-16(14)17/h1-4,6-10,14,16-17,19H,5,11-12H2. The number of benzene rings is 1. The number of aromatic nitrogens is 2. The first kappa shape index (κ1) is 11.8. The van der Waals surface area contributed by atoms with E-state index in [1.807, 2.05) is 23.1 Å². The van der Waals surface area contributed by atoms with Gasteiger partial charge in [-0.05, 0) is 42.5 Å². The van der Waals surface area contributed by atoms with Gasteiger partial charge in [0, 0.05) is 30.0 Å². The number of anilines is 1. The lowest BCUT2D eigenvalue weighted by atomic mass is 9.71. The first-order valence-corrected chi connectivity index (χ1v) is 7.38. The molecule has 1 aromatic carbocycles. The lowest BCUT2D eigenvalue weighted by Crippen LogP contribution is -2.43. The molecule has 0 amide bonds. The molecule has 0 radical (unpaired) electrons. The van der Waals surface area contributed by atoms with Crippen LogP contribution >= 0.6 is 0 Å². The van der Waals surface area contributed by atoms with Crippen molar-refractivity contribution in [1.82, 2.24) is 9.78 Å². The van der Waals surface area contributed by atoms with Gasteiger partial charge in [0.05, 0.1) is 6.54 Å². The van der Waals surface area contributed by atoms with Crippen LogP contribution in [0.4, 0.5) is 5.69 Å². The average molecular weight is 265 g/mol. The Bertz CT molecular complexity index is 615. The monoisotopic (exact) mass is 265 g/mol. The molecule has 1 heterocycles. The molecule has 1 saturated carbocycles. The van der Waals surface area contributed by atoms with Crippen molar-refractivity contribution < 1.29 is 0 Å². The summed E-state index contributed by atoms with van der Waals surface area (Å²) in [5, 5.41) is 7.95. The van der Waals surface area contributed by atoms with Crippen molar-refractivity contribution >= 4 is 5.69 Å². The van der Waals surface area contributed by atoms with Crippen molar-refractivity contribution in [1.29, 1.82) is 0 Å². The predicted octanol–water partition coefficient (Wildman–Crippen LogP) is 3.31. The molecule has 2 aliphatic rings. The summed E-state index contributed by atoms with van der Waals surface area (Å²) in [6, 6.07) is 11.3. The fourth-order valence-corrected chi connectivity index (χ4v) is 3.44. The Morgan fingerprint density at radius 2 is 2.30 bits per heavy atom. The Morgan fingerprint density at radius 3 is 3.15 bits per heavy atom. The van der Waals surface area contributed by atoms with Crippen molar-refractivity contribution in [2.45, 2.75) is 25.4 Å². The molecule has 3 atom stereocenters. The highest BCUT2D eigenvalue weighted by Crippen LogP contribution is 2.44. The Labute approximate surface area is 119 Å². The molecule has 102 valence electrons. The molecule has 1 fully saturated rings. The van der Waals surface area contributed by atoms with Gasteiger partial charge in [-0.3, -0.25) is 4.68 Å². The van der Waals surface area contributed by atoms with E-state index in [-0.39, 0.29) is 0 Å². The van der Waals surface area contributed by atoms with Crippen LogP contribution in [0.5, 0.6) is 0 Å². The van der Waals surface area contributed by atoms with Crippen LogP contribution in [-0.4, -0.2) is 15.8 Å². The molecule has 0 saturated heterocycles. The topological polar surface area (TPSA) is 29.9 Å². The fraction of sp³-hybridized carbons (Fsp3) is 0.353. The SMILES string of the molecule is C1=CC2C(C1)CC2Nc1cccc(Cn2cccn2)c1. The third-order valence-electron chi connectivity index (χ3n) is 4.55. The largest absolute Gasteiger partial charge is 0.382 e. The first-order valence-electron chi connectivity index (χ1n) is 7.38. The highest BCUT2D eigenvalue weighted by Gasteiger charge is 2.40. The van der Waals surface area contributed by atoms with Crippen LogP contribution in [0.3, 0.4) is 0 Å². The smallest absolute Gasteiger partial charge is 0.0660 e. The second-order valence-electron chi connectivity index (χ2n) is 5.89. The minimum Gasteiger partial charge on any atom is -0.382 e. The van der Waals surface area contributed by atoms with Crippen LogP contribution in [0.1, 0.15) is 18.4 Å². The molecule has 3 unspecified atom stereocenters. The maximum absolute atomic E-state index is 4.26. The van der Waals surface area contributed by atoms with Crippen LogP contribution in [0.2, 0.25) is 0 Å². The van der Waals surface area contributed by atoms with E-state index < -0.39 is 0 Å². The number of nitrogens with zero attached hydrogens (tertiary/aromatic N) is 2. The Morgan fingerprint density at radius 1 is 1.30 bits per heavy atom. The van der Waals surface area contributed by atoms with Gasteiger partial charge in [0.2, 0.25) is 0 Å². The lowest BCUT2D eigenvalue weighted by molar-refractivity contribution is 0.218. The van der Waals surface area contributed by atoms with Gasteiger partial charge >= 0.3 is 0 Å². The summed E-state index contributed by atoms with van der Waals surface area (Å²) in [5.74, 6) is 1.66. The number of allylic oxidation sites excluding steroid dienone is 1. The average Bonchev–Trinajstić information content (AvgIpc) is 3.06. The number of hydrogen-bond acceptors (Lipinski definition) is 2. The first-order chi connectivity index (χ1) is 9.88. The van der Waals surface area contributed by atoms with Gasteiger partial charge in [0.25, 0.3) is 0 Å². The molecule has 0 bridgehead atoms. The van der Waals surface area contributed by atoms with Crippen molar-refractivity contribution in [2.75, 3.05) is 5.32 Å². The van der Waals surface area contributed by atoms with Gasteiger partial charge in [-0.2, -0.15) is 5.10 Å². The van der Waals surface area contributed by atoms with Crippen LogP contribution in [0.15, 0.2) is 54.9 Å². The summed E-state index contributed by atoms with van der Waals surface area (Å²) in [6.45, 7) is 0.832. The third kappa shape index (κ3) is 2.13. The molecule has 3 nitrogen and oxygen atoms in total. The summed E-state index contributed by atoms with van der Waals surface area (Å²) >= 11 is 0. The molecule has 20 heavy (non-hydrogen) atoms. The van der Waals surface area contributed by atoms with Crippen LogP contribution < -0.4 is 5.32 Å². The Hall–Kier alpha value is -2.03. The van der Waals surface area contributed by atoms with Crippen molar-refractivity contribution in [3.8, 4) is 0 Å². The van der Waals surface area contributed by atoms with Crippen LogP contribution in [-0.2, 0) is 6.54 Å². The number of hydrogen-bond donors (Lipinski definition) is 1. The van der Waals surface area contributed by atoms with Gasteiger partial charge in [-0.15, -0.1) is 0 Å². The van der Waals surface area contributed by atoms with Gasteiger partial charge in [-0.1, -0.05) is 24.3 Å². The van der Waals surface area contributed by atoms with Gasteiger partial charge in [0.1, 0.15) is 0 Å². The summed E-state index contributed by atoms with van der Waals surface area (Å²) in [5.41, 5.74) is 2.52. The second-order valence-corrected chi connectivity index (χ2v) is 5.89. The molecule has 2 aliphatic carbocycles. The zero-order chi connectivity index (χ0) is 13.4. The molecule has 4 rings (SSSR count). The Balaban J connectivity index is 1.45. The van der Waals surface area contributed by atoms with Crippen LogP contribution in [0, 0.1) is 11.8 Å². The van der Waals surface area contributed by atoms with Crippen molar-refractivity contribution in [2.24, 2.45) is 11.8 Å². The van der Waals surface area contributed by atoms with E-state index >= 15 is 0 Å². The zero-order valence-corrected chi connectivity index (χ0v) is 11.4. The lowest BCUT2D eigenvalue weighted by Gasteiger charge is -2.41. The van der Waals surface area contributed by atoms with Gasteiger partial charge in [0.15, 0.2) is 0 Å². The van der Waals surface area contributed by atoms with E-state index in [1.165, 1.54) is 24.1 Å². The number of nitrogens with one attached hydrogen (secondary N) is 1. The molecule has 1 N–H and O–H groups in total. The molecule has 3 heteroatoms. The summed E-state index contributed by atoms with van der Waals surface area (Å²) < 4.78 is 1.96. The summed E-state index contributed by atoms with van der Waals surface area (Å²) in [6.07, 6.45) is 11.1. The molecular weight excluding hydrogens is 246 g/mol. The number of rotatable bonds is 4. The quantitative estimate of drug-likeness (QED) is 0.860. The normalized spacial score (nSPS) is 27.1. The van der Waals surface area contributed by atoms with E-state index in [0.717, 1.165) is 18.4 Å². The molecule has 2 aromatic rings. The van der Waals surface area contributed by atoms with E-state index in [0.29, 0.717) is 6.04 Å². The minimum atomic E-state index is 0.624. The fourth-order valence-electron chi connectivity index (χ4n) is 3.44. The zero-order valence-electron chi connectivity index (χ0n) is 11.4.